The summed E-state index contributed by atoms with van der Waals surface area (Å²) in [7, 11) is 0. The maximum atomic E-state index is 13.6. The fourth-order valence-electron chi connectivity index (χ4n) is 2.14. The molecule has 4 heteroatoms. The van der Waals surface area contributed by atoms with Crippen molar-refractivity contribution in [3.63, 3.8) is 0 Å². The average molecular weight is 225 g/mol. The van der Waals surface area contributed by atoms with E-state index in [1.165, 1.54) is 0 Å². The largest absolute Gasteiger partial charge is 0.396 e. The van der Waals surface area contributed by atoms with Crippen LogP contribution in [0.5, 0.6) is 0 Å². The van der Waals surface area contributed by atoms with Crippen molar-refractivity contribution in [2.45, 2.75) is 31.6 Å². The Labute approximate surface area is 92.4 Å². The maximum absolute atomic E-state index is 13.6. The maximum Gasteiger partial charge on any atom is 0.146 e. The summed E-state index contributed by atoms with van der Waals surface area (Å²) in [6.07, 6.45) is 2.10. The van der Waals surface area contributed by atoms with E-state index in [4.69, 9.17) is 5.73 Å². The topological polar surface area (TPSA) is 43.1 Å². The number of hydrogen-bond acceptors (Lipinski definition) is 2. The van der Waals surface area contributed by atoms with E-state index in [0.717, 1.165) is 12.1 Å². The SMILES string of the molecule is Nc1cc(F)c(C2CCC(=O)CC2)cc1F. The van der Waals surface area contributed by atoms with E-state index in [1.807, 2.05) is 0 Å². The first kappa shape index (κ1) is 11.0. The Morgan fingerprint density at radius 2 is 1.75 bits per heavy atom. The summed E-state index contributed by atoms with van der Waals surface area (Å²) in [5.74, 6) is -0.924. The zero-order valence-corrected chi connectivity index (χ0v) is 8.80. The fraction of sp³-hybridized carbons (Fsp3) is 0.417. The van der Waals surface area contributed by atoms with Gasteiger partial charge in [-0.3, -0.25) is 4.79 Å². The minimum Gasteiger partial charge on any atom is -0.396 e. The molecule has 0 aromatic heterocycles. The summed E-state index contributed by atoms with van der Waals surface area (Å²) in [6, 6.07) is 2.17. The summed E-state index contributed by atoms with van der Waals surface area (Å²) in [6.45, 7) is 0. The number of ketones is 1. The van der Waals surface area contributed by atoms with Crippen LogP contribution in [0.2, 0.25) is 0 Å². The van der Waals surface area contributed by atoms with Gasteiger partial charge in [-0.05, 0) is 30.4 Å². The molecule has 1 aliphatic rings. The number of carbonyl (C=O) groups excluding carboxylic acids is 1. The van der Waals surface area contributed by atoms with Crippen molar-refractivity contribution < 1.29 is 13.6 Å². The molecular formula is C12H13F2NO. The van der Waals surface area contributed by atoms with Crippen LogP contribution in [0, 0.1) is 11.6 Å². The van der Waals surface area contributed by atoms with Crippen LogP contribution in [0.25, 0.3) is 0 Å². The Kier molecular flexibility index (Phi) is 2.90. The van der Waals surface area contributed by atoms with E-state index in [1.54, 1.807) is 0 Å². The quantitative estimate of drug-likeness (QED) is 0.747. The molecule has 0 bridgehead atoms. The van der Waals surface area contributed by atoms with Crippen molar-refractivity contribution in [1.82, 2.24) is 0 Å². The number of carbonyl (C=O) groups is 1. The monoisotopic (exact) mass is 225 g/mol. The van der Waals surface area contributed by atoms with E-state index in [9.17, 15) is 13.6 Å². The lowest BCUT2D eigenvalue weighted by atomic mass is 9.83. The molecule has 86 valence electrons. The standard InChI is InChI=1S/C12H13F2NO/c13-10-6-12(15)11(14)5-9(10)7-1-3-8(16)4-2-7/h5-7H,1-4,15H2. The summed E-state index contributed by atoms with van der Waals surface area (Å²) in [5, 5.41) is 0. The summed E-state index contributed by atoms with van der Waals surface area (Å²) in [4.78, 5) is 11.1. The minimum atomic E-state index is -0.590. The van der Waals surface area contributed by atoms with Gasteiger partial charge in [0.2, 0.25) is 0 Å². The lowest BCUT2D eigenvalue weighted by molar-refractivity contribution is -0.120. The number of nitrogen functional groups attached to an aromatic ring is 1. The molecule has 0 aliphatic heterocycles. The number of benzene rings is 1. The van der Waals surface area contributed by atoms with Crippen molar-refractivity contribution in [3.8, 4) is 0 Å². The molecule has 1 aromatic carbocycles. The van der Waals surface area contributed by atoms with Gasteiger partial charge in [0.1, 0.15) is 17.4 Å². The Balaban J connectivity index is 2.26. The van der Waals surface area contributed by atoms with Crippen molar-refractivity contribution >= 4 is 11.5 Å². The highest BCUT2D eigenvalue weighted by Crippen LogP contribution is 2.34. The van der Waals surface area contributed by atoms with Crippen LogP contribution in [0.4, 0.5) is 14.5 Å². The number of Topliss-reactive ketones (excluding diaryl/α,β-unsaturated/α-hetero) is 1. The number of rotatable bonds is 1. The summed E-state index contributed by atoms with van der Waals surface area (Å²) < 4.78 is 26.8. The van der Waals surface area contributed by atoms with Crippen molar-refractivity contribution in [3.05, 3.63) is 29.3 Å². The normalized spacial score (nSPS) is 17.8. The van der Waals surface area contributed by atoms with Gasteiger partial charge in [-0.2, -0.15) is 0 Å². The number of hydrogen-bond donors (Lipinski definition) is 1. The van der Waals surface area contributed by atoms with Gasteiger partial charge in [0.05, 0.1) is 5.69 Å². The number of anilines is 1. The van der Waals surface area contributed by atoms with E-state index in [0.29, 0.717) is 31.2 Å². The molecule has 16 heavy (non-hydrogen) atoms. The van der Waals surface area contributed by atoms with Crippen LogP contribution in [-0.2, 0) is 4.79 Å². The lowest BCUT2D eigenvalue weighted by Gasteiger charge is -2.22. The molecule has 0 heterocycles. The van der Waals surface area contributed by atoms with Crippen LogP contribution >= 0.6 is 0 Å². The molecule has 0 unspecified atom stereocenters. The highest BCUT2D eigenvalue weighted by Gasteiger charge is 2.23. The van der Waals surface area contributed by atoms with Gasteiger partial charge in [-0.1, -0.05) is 0 Å². The van der Waals surface area contributed by atoms with Gasteiger partial charge in [-0.25, -0.2) is 8.78 Å². The molecule has 0 amide bonds. The molecule has 0 spiro atoms. The zero-order valence-electron chi connectivity index (χ0n) is 8.80. The Morgan fingerprint density at radius 3 is 2.38 bits per heavy atom. The van der Waals surface area contributed by atoms with E-state index >= 15 is 0 Å². The van der Waals surface area contributed by atoms with Crippen molar-refractivity contribution in [2.75, 3.05) is 5.73 Å². The third-order valence-corrected chi connectivity index (χ3v) is 3.10. The third-order valence-electron chi connectivity index (χ3n) is 3.10. The number of halogens is 2. The van der Waals surface area contributed by atoms with Crippen LogP contribution in [-0.4, -0.2) is 5.78 Å². The van der Waals surface area contributed by atoms with Gasteiger partial charge in [0, 0.05) is 18.9 Å². The molecular weight excluding hydrogens is 212 g/mol. The molecule has 1 fully saturated rings. The molecule has 0 atom stereocenters. The molecule has 2 N–H and O–H groups in total. The van der Waals surface area contributed by atoms with Crippen LogP contribution in [0.3, 0.4) is 0 Å². The number of nitrogens with two attached hydrogens (primary N) is 1. The smallest absolute Gasteiger partial charge is 0.146 e. The molecule has 1 aromatic rings. The van der Waals surface area contributed by atoms with E-state index in [-0.39, 0.29) is 17.4 Å². The molecule has 0 radical (unpaired) electrons. The van der Waals surface area contributed by atoms with Crippen LogP contribution in [0.15, 0.2) is 12.1 Å². The predicted molar refractivity (Wildman–Crippen MR) is 57.0 cm³/mol. The summed E-state index contributed by atoms with van der Waals surface area (Å²) >= 11 is 0. The van der Waals surface area contributed by atoms with Crippen LogP contribution in [0.1, 0.15) is 37.2 Å². The van der Waals surface area contributed by atoms with Gasteiger partial charge in [-0.15, -0.1) is 0 Å². The molecule has 1 aliphatic carbocycles. The van der Waals surface area contributed by atoms with Gasteiger partial charge in [0.25, 0.3) is 0 Å². The molecule has 1 saturated carbocycles. The zero-order chi connectivity index (χ0) is 11.7. The predicted octanol–water partition coefficient (Wildman–Crippen LogP) is 2.77. The van der Waals surface area contributed by atoms with Crippen molar-refractivity contribution in [2.24, 2.45) is 0 Å². The molecule has 2 nitrogen and oxygen atoms in total. The van der Waals surface area contributed by atoms with Gasteiger partial charge < -0.3 is 5.73 Å². The second-order valence-electron chi connectivity index (χ2n) is 4.21. The fourth-order valence-corrected chi connectivity index (χ4v) is 2.14. The summed E-state index contributed by atoms with van der Waals surface area (Å²) in [5.41, 5.74) is 5.45. The first-order valence-corrected chi connectivity index (χ1v) is 5.34. The lowest BCUT2D eigenvalue weighted by Crippen LogP contribution is -2.14. The first-order chi connectivity index (χ1) is 7.58. The average Bonchev–Trinajstić information content (AvgIpc) is 2.25. The Morgan fingerprint density at radius 1 is 1.12 bits per heavy atom. The first-order valence-electron chi connectivity index (χ1n) is 5.34. The van der Waals surface area contributed by atoms with Gasteiger partial charge in [0.15, 0.2) is 0 Å². The Bertz CT molecular complexity index is 421. The van der Waals surface area contributed by atoms with Crippen LogP contribution < -0.4 is 5.73 Å². The molecule has 2 rings (SSSR count). The second-order valence-corrected chi connectivity index (χ2v) is 4.21. The van der Waals surface area contributed by atoms with E-state index < -0.39 is 11.6 Å². The Hall–Kier alpha value is -1.45. The highest BCUT2D eigenvalue weighted by molar-refractivity contribution is 5.79. The minimum absolute atomic E-state index is 0.0622. The van der Waals surface area contributed by atoms with Crippen molar-refractivity contribution in [1.29, 1.82) is 0 Å². The second kappa shape index (κ2) is 4.20. The molecule has 0 saturated heterocycles. The highest BCUT2D eigenvalue weighted by atomic mass is 19.1. The van der Waals surface area contributed by atoms with E-state index in [2.05, 4.69) is 0 Å². The third kappa shape index (κ3) is 2.05. The van der Waals surface area contributed by atoms with Gasteiger partial charge >= 0.3 is 0 Å².